The van der Waals surface area contributed by atoms with Crippen LogP contribution in [0, 0.1) is 13.8 Å². The van der Waals surface area contributed by atoms with Gasteiger partial charge in [0.25, 0.3) is 10.0 Å². The molecule has 0 fully saturated rings. The van der Waals surface area contributed by atoms with Crippen LogP contribution in [0.25, 0.3) is 0 Å². The number of halogens is 2. The molecule has 2 rings (SSSR count). The van der Waals surface area contributed by atoms with Crippen LogP contribution in [0.3, 0.4) is 0 Å². The summed E-state index contributed by atoms with van der Waals surface area (Å²) in [4.78, 5) is 11.1. The minimum Gasteiger partial charge on any atom is -0.366 e. The highest BCUT2D eigenvalue weighted by Gasteiger charge is 2.24. The Morgan fingerprint density at radius 3 is 2.43 bits per heavy atom. The molecule has 0 saturated carbocycles. The van der Waals surface area contributed by atoms with E-state index in [-0.39, 0.29) is 21.2 Å². The molecule has 0 aliphatic carbocycles. The van der Waals surface area contributed by atoms with Crippen molar-refractivity contribution in [3.05, 3.63) is 57.1 Å². The maximum absolute atomic E-state index is 12.7. The van der Waals surface area contributed by atoms with Crippen molar-refractivity contribution in [1.82, 2.24) is 0 Å². The van der Waals surface area contributed by atoms with Gasteiger partial charge in [0, 0.05) is 16.3 Å². The van der Waals surface area contributed by atoms with Gasteiger partial charge < -0.3 is 5.73 Å². The van der Waals surface area contributed by atoms with Crippen molar-refractivity contribution in [1.29, 1.82) is 0 Å². The first-order valence-corrected chi connectivity index (χ1v) is 8.75. The summed E-state index contributed by atoms with van der Waals surface area (Å²) in [6.07, 6.45) is 0. The van der Waals surface area contributed by atoms with Crippen LogP contribution in [-0.4, -0.2) is 14.3 Å². The highest BCUT2D eigenvalue weighted by Crippen LogP contribution is 2.34. The number of nitrogens with two attached hydrogens (primary N) is 1. The molecule has 3 N–H and O–H groups in total. The van der Waals surface area contributed by atoms with Gasteiger partial charge in [0.2, 0.25) is 5.91 Å². The fourth-order valence-electron chi connectivity index (χ4n) is 2.08. The molecule has 122 valence electrons. The molecule has 0 unspecified atom stereocenters. The van der Waals surface area contributed by atoms with E-state index in [0.29, 0.717) is 16.1 Å². The summed E-state index contributed by atoms with van der Waals surface area (Å²) < 4.78 is 27.7. The van der Waals surface area contributed by atoms with E-state index < -0.39 is 15.9 Å². The number of primary amides is 1. The van der Waals surface area contributed by atoms with Gasteiger partial charge in [-0.2, -0.15) is 0 Å². The standard InChI is InChI=1S/C15H14Cl2N2O3S/c1-8-6-12(16)9(2)14(13(8)17)23(21,22)19-11-5-3-4-10(7-11)15(18)20/h3-7,19H,1-2H3,(H2,18,20). The van der Waals surface area contributed by atoms with Gasteiger partial charge in [-0.1, -0.05) is 29.3 Å². The molecule has 0 atom stereocenters. The topological polar surface area (TPSA) is 89.3 Å². The summed E-state index contributed by atoms with van der Waals surface area (Å²) in [6.45, 7) is 3.24. The molecule has 5 nitrogen and oxygen atoms in total. The van der Waals surface area contributed by atoms with Crippen molar-refractivity contribution in [3.8, 4) is 0 Å². The third-order valence-electron chi connectivity index (χ3n) is 3.26. The summed E-state index contributed by atoms with van der Waals surface area (Å²) in [5.74, 6) is -0.654. The second-order valence-corrected chi connectivity index (χ2v) is 7.40. The largest absolute Gasteiger partial charge is 0.366 e. The molecule has 0 aliphatic rings. The summed E-state index contributed by atoms with van der Waals surface area (Å²) in [7, 11) is -3.98. The Balaban J connectivity index is 2.53. The molecule has 0 aliphatic heterocycles. The van der Waals surface area contributed by atoms with Crippen LogP contribution < -0.4 is 10.5 Å². The average Bonchev–Trinajstić information content (AvgIpc) is 2.45. The van der Waals surface area contributed by atoms with Gasteiger partial charge in [-0.25, -0.2) is 8.42 Å². The third-order valence-corrected chi connectivity index (χ3v) is 5.80. The van der Waals surface area contributed by atoms with Crippen LogP contribution in [0.2, 0.25) is 10.0 Å². The average molecular weight is 373 g/mol. The van der Waals surface area contributed by atoms with Crippen molar-refractivity contribution < 1.29 is 13.2 Å². The number of nitrogens with one attached hydrogen (secondary N) is 1. The number of sulfonamides is 1. The van der Waals surface area contributed by atoms with E-state index in [2.05, 4.69) is 4.72 Å². The van der Waals surface area contributed by atoms with Crippen LogP contribution in [0.1, 0.15) is 21.5 Å². The molecule has 0 spiro atoms. The van der Waals surface area contributed by atoms with E-state index in [0.717, 1.165) is 0 Å². The quantitative estimate of drug-likeness (QED) is 0.860. The van der Waals surface area contributed by atoms with Crippen LogP contribution in [0.4, 0.5) is 5.69 Å². The van der Waals surface area contributed by atoms with Crippen LogP contribution >= 0.6 is 23.2 Å². The highest BCUT2D eigenvalue weighted by molar-refractivity contribution is 7.93. The Morgan fingerprint density at radius 2 is 1.83 bits per heavy atom. The number of hydrogen-bond acceptors (Lipinski definition) is 3. The first-order chi connectivity index (χ1) is 10.6. The lowest BCUT2D eigenvalue weighted by atomic mass is 10.2. The van der Waals surface area contributed by atoms with Gasteiger partial charge in [0.15, 0.2) is 0 Å². The number of carbonyl (C=O) groups excluding carboxylic acids is 1. The van der Waals surface area contributed by atoms with Crippen LogP contribution in [0.15, 0.2) is 35.2 Å². The maximum Gasteiger partial charge on any atom is 0.263 e. The molecular formula is C15H14Cl2N2O3S. The SMILES string of the molecule is Cc1cc(Cl)c(C)c(S(=O)(=O)Nc2cccc(C(N)=O)c2)c1Cl. The van der Waals surface area contributed by atoms with Crippen LogP contribution in [-0.2, 0) is 10.0 Å². The van der Waals surface area contributed by atoms with Crippen molar-refractivity contribution in [3.63, 3.8) is 0 Å². The lowest BCUT2D eigenvalue weighted by Crippen LogP contribution is -2.17. The Bertz CT molecular complexity index is 870. The highest BCUT2D eigenvalue weighted by atomic mass is 35.5. The molecule has 2 aromatic carbocycles. The number of anilines is 1. The lowest BCUT2D eigenvalue weighted by molar-refractivity contribution is 0.100. The summed E-state index contributed by atoms with van der Waals surface area (Å²) in [5.41, 5.74) is 6.48. The molecular weight excluding hydrogens is 359 g/mol. The summed E-state index contributed by atoms with van der Waals surface area (Å²) in [6, 6.07) is 7.47. The number of aryl methyl sites for hydroxylation is 1. The Hall–Kier alpha value is -1.76. The predicted molar refractivity (Wildman–Crippen MR) is 91.7 cm³/mol. The fourth-order valence-corrected chi connectivity index (χ4v) is 4.34. The number of rotatable bonds is 4. The lowest BCUT2D eigenvalue weighted by Gasteiger charge is -2.15. The summed E-state index contributed by atoms with van der Waals surface area (Å²) >= 11 is 12.2. The van der Waals surface area contributed by atoms with E-state index in [9.17, 15) is 13.2 Å². The van der Waals surface area contributed by atoms with E-state index in [1.165, 1.54) is 24.3 Å². The van der Waals surface area contributed by atoms with Gasteiger partial charge in [0.05, 0.1) is 5.02 Å². The van der Waals surface area contributed by atoms with Gasteiger partial charge in [-0.3, -0.25) is 9.52 Å². The molecule has 0 heterocycles. The molecule has 2 aromatic rings. The monoisotopic (exact) mass is 372 g/mol. The molecule has 23 heavy (non-hydrogen) atoms. The van der Waals surface area contributed by atoms with Gasteiger partial charge in [-0.05, 0) is 49.2 Å². The third kappa shape index (κ3) is 3.60. The Kier molecular flexibility index (Phi) is 4.89. The second-order valence-electron chi connectivity index (χ2n) is 4.99. The van der Waals surface area contributed by atoms with E-state index >= 15 is 0 Å². The van der Waals surface area contributed by atoms with E-state index in [4.69, 9.17) is 28.9 Å². The zero-order chi connectivity index (χ0) is 17.4. The number of hydrogen-bond donors (Lipinski definition) is 2. The van der Waals surface area contributed by atoms with Crippen molar-refractivity contribution in [2.45, 2.75) is 18.7 Å². The number of benzene rings is 2. The van der Waals surface area contributed by atoms with Crippen LogP contribution in [0.5, 0.6) is 0 Å². The Morgan fingerprint density at radius 1 is 1.17 bits per heavy atom. The summed E-state index contributed by atoms with van der Waals surface area (Å²) in [5, 5.41) is 0.406. The first kappa shape index (κ1) is 17.6. The molecule has 0 radical (unpaired) electrons. The van der Waals surface area contributed by atoms with Gasteiger partial charge in [-0.15, -0.1) is 0 Å². The van der Waals surface area contributed by atoms with Gasteiger partial charge >= 0.3 is 0 Å². The molecule has 1 amide bonds. The maximum atomic E-state index is 12.7. The fraction of sp³-hybridized carbons (Fsp3) is 0.133. The second kappa shape index (κ2) is 6.39. The minimum absolute atomic E-state index is 0.0892. The smallest absolute Gasteiger partial charge is 0.263 e. The Labute approximate surface area is 144 Å². The van der Waals surface area contributed by atoms with Crippen molar-refractivity contribution >= 4 is 44.8 Å². The van der Waals surface area contributed by atoms with Crippen molar-refractivity contribution in [2.24, 2.45) is 5.73 Å². The van der Waals surface area contributed by atoms with Crippen molar-refractivity contribution in [2.75, 3.05) is 4.72 Å². The number of amides is 1. The molecule has 0 bridgehead atoms. The first-order valence-electron chi connectivity index (χ1n) is 6.51. The van der Waals surface area contributed by atoms with Gasteiger partial charge in [0.1, 0.15) is 4.90 Å². The zero-order valence-electron chi connectivity index (χ0n) is 12.4. The minimum atomic E-state index is -3.98. The predicted octanol–water partition coefficient (Wildman–Crippen LogP) is 3.51. The zero-order valence-corrected chi connectivity index (χ0v) is 14.7. The van der Waals surface area contributed by atoms with E-state index in [1.54, 1.807) is 19.9 Å². The molecule has 8 heteroatoms. The normalized spacial score (nSPS) is 11.3. The number of carbonyl (C=O) groups is 1. The van der Waals surface area contributed by atoms with E-state index in [1.807, 2.05) is 0 Å². The molecule has 0 aromatic heterocycles. The molecule has 0 saturated heterocycles.